The summed E-state index contributed by atoms with van der Waals surface area (Å²) < 4.78 is 10.3. The minimum absolute atomic E-state index is 0.109. The van der Waals surface area contributed by atoms with Crippen LogP contribution in [-0.2, 0) is 11.3 Å². The van der Waals surface area contributed by atoms with E-state index < -0.39 is 5.97 Å². The number of anilines is 1. The molecule has 0 atom stereocenters. The molecule has 0 aliphatic heterocycles. The van der Waals surface area contributed by atoms with Crippen LogP contribution >= 0.6 is 38.8 Å². The molecule has 1 aromatic carbocycles. The van der Waals surface area contributed by atoms with Crippen molar-refractivity contribution in [3.63, 3.8) is 0 Å². The number of aryl methyl sites for hydroxylation is 1. The summed E-state index contributed by atoms with van der Waals surface area (Å²) in [6.45, 7) is 1.84. The first kappa shape index (κ1) is 16.1. The number of nitrogens with zero attached hydrogens (tertiary/aromatic N) is 2. The highest BCUT2D eigenvalue weighted by molar-refractivity contribution is 9.10. The minimum Gasteiger partial charge on any atom is -0.455 e. The summed E-state index contributed by atoms with van der Waals surface area (Å²) in [5.41, 5.74) is 8.40. The van der Waals surface area contributed by atoms with Gasteiger partial charge in [0, 0.05) is 15.4 Å². The molecule has 0 aliphatic rings. The summed E-state index contributed by atoms with van der Waals surface area (Å²) in [6.07, 6.45) is 0. The Labute approximate surface area is 149 Å². The molecule has 0 amide bonds. The molecule has 0 spiro atoms. The first-order chi connectivity index (χ1) is 11.0. The van der Waals surface area contributed by atoms with Gasteiger partial charge in [0.2, 0.25) is 0 Å². The van der Waals surface area contributed by atoms with Crippen LogP contribution in [0.5, 0.6) is 0 Å². The van der Waals surface area contributed by atoms with Gasteiger partial charge in [-0.25, -0.2) is 9.78 Å². The van der Waals surface area contributed by atoms with Gasteiger partial charge in [-0.15, -0.1) is 11.3 Å². The van der Waals surface area contributed by atoms with Gasteiger partial charge < -0.3 is 10.5 Å². The van der Waals surface area contributed by atoms with Crippen LogP contribution in [0, 0.1) is 6.92 Å². The Morgan fingerprint density at radius 2 is 2.26 bits per heavy atom. The molecule has 0 unspecified atom stereocenters. The van der Waals surface area contributed by atoms with Crippen LogP contribution in [0.2, 0.25) is 0 Å². The highest BCUT2D eigenvalue weighted by Gasteiger charge is 2.18. The summed E-state index contributed by atoms with van der Waals surface area (Å²) in [5.74, 6) is -0.467. The molecule has 0 radical (unpaired) electrons. The van der Waals surface area contributed by atoms with Crippen LogP contribution in [0.25, 0.3) is 10.6 Å². The van der Waals surface area contributed by atoms with Crippen molar-refractivity contribution in [2.24, 2.45) is 0 Å². The maximum absolute atomic E-state index is 12.1. The largest absolute Gasteiger partial charge is 0.455 e. The fraction of sp³-hybridized carbons (Fsp3) is 0.133. The highest BCUT2D eigenvalue weighted by atomic mass is 79.9. The molecular weight excluding hydrogens is 398 g/mol. The second-order valence-corrected chi connectivity index (χ2v) is 7.32. The second-order valence-electron chi connectivity index (χ2n) is 4.74. The summed E-state index contributed by atoms with van der Waals surface area (Å²) in [7, 11) is 0. The predicted octanol–water partition coefficient (Wildman–Crippen LogP) is 4.28. The molecule has 3 rings (SSSR count). The van der Waals surface area contributed by atoms with E-state index in [-0.39, 0.29) is 6.61 Å². The number of halogens is 1. The van der Waals surface area contributed by atoms with Crippen molar-refractivity contribution >= 4 is 49.8 Å². The SMILES string of the molecule is Cc1nsc(N)c1C(=O)OCc1csc(-c2cccc(Br)c2)n1. The van der Waals surface area contributed by atoms with Crippen LogP contribution in [0.1, 0.15) is 21.7 Å². The molecule has 118 valence electrons. The van der Waals surface area contributed by atoms with E-state index in [0.717, 1.165) is 26.6 Å². The average molecular weight is 410 g/mol. The fourth-order valence-corrected chi connectivity index (χ4v) is 3.82. The molecule has 2 N–H and O–H groups in total. The van der Waals surface area contributed by atoms with Crippen molar-refractivity contribution in [3.05, 3.63) is 51.1 Å². The molecule has 0 fully saturated rings. The first-order valence-electron chi connectivity index (χ1n) is 6.64. The number of nitrogens with two attached hydrogens (primary N) is 1. The third kappa shape index (κ3) is 3.60. The van der Waals surface area contributed by atoms with Crippen molar-refractivity contribution < 1.29 is 9.53 Å². The molecule has 5 nitrogen and oxygen atoms in total. The zero-order valence-corrected chi connectivity index (χ0v) is 15.3. The fourth-order valence-electron chi connectivity index (χ4n) is 1.97. The van der Waals surface area contributed by atoms with Gasteiger partial charge >= 0.3 is 5.97 Å². The van der Waals surface area contributed by atoms with E-state index in [4.69, 9.17) is 10.5 Å². The monoisotopic (exact) mass is 409 g/mol. The molecule has 23 heavy (non-hydrogen) atoms. The number of esters is 1. The lowest BCUT2D eigenvalue weighted by molar-refractivity contribution is 0.0469. The number of carbonyl (C=O) groups excluding carboxylic acids is 1. The molecule has 0 aliphatic carbocycles. The highest BCUT2D eigenvalue weighted by Crippen LogP contribution is 2.27. The third-order valence-corrected chi connectivity index (χ3v) is 5.27. The zero-order valence-electron chi connectivity index (χ0n) is 12.1. The van der Waals surface area contributed by atoms with E-state index in [9.17, 15) is 4.79 Å². The lowest BCUT2D eigenvalue weighted by Crippen LogP contribution is -2.08. The van der Waals surface area contributed by atoms with Crippen molar-refractivity contribution in [1.82, 2.24) is 9.36 Å². The molecule has 0 bridgehead atoms. The van der Waals surface area contributed by atoms with Crippen molar-refractivity contribution in [2.45, 2.75) is 13.5 Å². The van der Waals surface area contributed by atoms with Gasteiger partial charge in [0.1, 0.15) is 22.2 Å². The number of nitrogen functional groups attached to an aromatic ring is 1. The van der Waals surface area contributed by atoms with Gasteiger partial charge in [0.05, 0.1) is 11.4 Å². The van der Waals surface area contributed by atoms with E-state index in [0.29, 0.717) is 22.0 Å². The standard InChI is InChI=1S/C15H12BrN3O2S2/c1-8-12(13(17)23-19-8)15(20)21-6-11-7-22-14(18-11)9-3-2-4-10(16)5-9/h2-5,7H,6,17H2,1H3. The van der Waals surface area contributed by atoms with Gasteiger partial charge in [0.25, 0.3) is 0 Å². The van der Waals surface area contributed by atoms with Gasteiger partial charge in [-0.05, 0) is 30.6 Å². The Morgan fingerprint density at radius 1 is 1.43 bits per heavy atom. The van der Waals surface area contributed by atoms with Crippen molar-refractivity contribution in [3.8, 4) is 10.6 Å². The molecule has 2 aromatic heterocycles. The molecule has 3 aromatic rings. The first-order valence-corrected chi connectivity index (χ1v) is 9.08. The van der Waals surface area contributed by atoms with Crippen LogP contribution in [0.4, 0.5) is 5.00 Å². The molecular formula is C15H12BrN3O2S2. The number of benzene rings is 1. The van der Waals surface area contributed by atoms with Gasteiger partial charge in [0.15, 0.2) is 0 Å². The smallest absolute Gasteiger partial charge is 0.343 e. The van der Waals surface area contributed by atoms with Gasteiger partial charge in [-0.3, -0.25) is 0 Å². The summed E-state index contributed by atoms with van der Waals surface area (Å²) in [5, 5.41) is 3.14. The van der Waals surface area contributed by atoms with Gasteiger partial charge in [-0.1, -0.05) is 28.1 Å². The van der Waals surface area contributed by atoms with E-state index in [2.05, 4.69) is 25.3 Å². The van der Waals surface area contributed by atoms with Gasteiger partial charge in [-0.2, -0.15) is 4.37 Å². The lowest BCUT2D eigenvalue weighted by atomic mass is 10.2. The van der Waals surface area contributed by atoms with Crippen LogP contribution in [-0.4, -0.2) is 15.3 Å². The van der Waals surface area contributed by atoms with E-state index >= 15 is 0 Å². The Balaban J connectivity index is 1.69. The number of aromatic nitrogens is 2. The second kappa shape index (κ2) is 6.77. The van der Waals surface area contributed by atoms with Crippen LogP contribution < -0.4 is 5.73 Å². The number of ether oxygens (including phenoxy) is 1. The molecule has 2 heterocycles. The van der Waals surface area contributed by atoms with Crippen LogP contribution in [0.15, 0.2) is 34.1 Å². The number of rotatable bonds is 4. The number of hydrogen-bond donors (Lipinski definition) is 1. The van der Waals surface area contributed by atoms with Crippen molar-refractivity contribution in [2.75, 3.05) is 5.73 Å². The Morgan fingerprint density at radius 3 is 2.96 bits per heavy atom. The van der Waals surface area contributed by atoms with E-state index in [1.165, 1.54) is 11.3 Å². The molecule has 0 saturated heterocycles. The molecule has 8 heteroatoms. The maximum Gasteiger partial charge on any atom is 0.343 e. The quantitative estimate of drug-likeness (QED) is 0.650. The number of hydrogen-bond acceptors (Lipinski definition) is 7. The molecule has 0 saturated carbocycles. The van der Waals surface area contributed by atoms with E-state index in [1.54, 1.807) is 6.92 Å². The predicted molar refractivity (Wildman–Crippen MR) is 95.6 cm³/mol. The maximum atomic E-state index is 12.1. The lowest BCUT2D eigenvalue weighted by Gasteiger charge is -2.02. The Hall–Kier alpha value is -1.77. The Bertz CT molecular complexity index is 841. The normalized spacial score (nSPS) is 10.7. The minimum atomic E-state index is -0.467. The number of thiazole rings is 1. The summed E-state index contributed by atoms with van der Waals surface area (Å²) in [6, 6.07) is 7.90. The van der Waals surface area contributed by atoms with Crippen LogP contribution in [0.3, 0.4) is 0 Å². The average Bonchev–Trinajstić information content (AvgIpc) is 3.12. The van der Waals surface area contributed by atoms with Crippen molar-refractivity contribution in [1.29, 1.82) is 0 Å². The van der Waals surface area contributed by atoms with E-state index in [1.807, 2.05) is 29.6 Å². The summed E-state index contributed by atoms with van der Waals surface area (Å²) >= 11 is 6.04. The zero-order chi connectivity index (χ0) is 16.4. The topological polar surface area (TPSA) is 78.1 Å². The number of carbonyl (C=O) groups is 1. The third-order valence-electron chi connectivity index (χ3n) is 3.07. The summed E-state index contributed by atoms with van der Waals surface area (Å²) in [4.78, 5) is 16.6. The Kier molecular flexibility index (Phi) is 4.74.